The van der Waals surface area contributed by atoms with Crippen molar-refractivity contribution in [3.63, 3.8) is 0 Å². The highest BCUT2D eigenvalue weighted by Gasteiger charge is 2.31. The topological polar surface area (TPSA) is 63.5 Å². The Morgan fingerprint density at radius 3 is 2.80 bits per heavy atom. The highest BCUT2D eigenvalue weighted by molar-refractivity contribution is 6.36. The second kappa shape index (κ2) is 6.63. The van der Waals surface area contributed by atoms with Gasteiger partial charge in [-0.2, -0.15) is 0 Å². The van der Waals surface area contributed by atoms with E-state index in [1.165, 1.54) is 0 Å². The number of fused-ring (bicyclic) bond motifs is 1. The van der Waals surface area contributed by atoms with E-state index >= 15 is 0 Å². The van der Waals surface area contributed by atoms with Gasteiger partial charge in [0.25, 0.3) is 5.91 Å². The van der Waals surface area contributed by atoms with Crippen molar-refractivity contribution in [1.82, 2.24) is 9.88 Å². The van der Waals surface area contributed by atoms with Crippen LogP contribution < -0.4 is 5.32 Å². The highest BCUT2D eigenvalue weighted by Crippen LogP contribution is 2.34. The zero-order chi connectivity index (χ0) is 17.4. The van der Waals surface area contributed by atoms with Gasteiger partial charge in [-0.25, -0.2) is 0 Å². The number of benzene rings is 1. The number of hydrogen-bond donors (Lipinski definition) is 2. The first kappa shape index (κ1) is 16.9. The van der Waals surface area contributed by atoms with Gasteiger partial charge in [0.15, 0.2) is 0 Å². The normalized spacial score (nSPS) is 19.9. The Morgan fingerprint density at radius 1 is 1.36 bits per heavy atom. The van der Waals surface area contributed by atoms with Gasteiger partial charge in [0.1, 0.15) is 0 Å². The minimum Gasteiger partial charge on any atom is -0.390 e. The molecule has 1 aromatic heterocycles. The molecule has 1 aliphatic carbocycles. The van der Waals surface area contributed by atoms with E-state index in [1.54, 1.807) is 0 Å². The Kier molecular flexibility index (Phi) is 4.48. The minimum atomic E-state index is -0.609. The molecule has 1 aromatic carbocycles. The fraction of sp³-hybridized carbons (Fsp3) is 0.526. The van der Waals surface area contributed by atoms with Gasteiger partial charge >= 0.3 is 0 Å². The molecule has 2 N–H and O–H groups in total. The summed E-state index contributed by atoms with van der Waals surface area (Å²) >= 11 is 6.38. The van der Waals surface area contributed by atoms with Crippen molar-refractivity contribution in [2.24, 2.45) is 0 Å². The second-order valence-electron chi connectivity index (χ2n) is 7.21. The number of ether oxygens (including phenoxy) is 1. The largest absolute Gasteiger partial charge is 0.390 e. The quantitative estimate of drug-likeness (QED) is 0.857. The predicted molar refractivity (Wildman–Crippen MR) is 97.2 cm³/mol. The molecule has 6 heteroatoms. The van der Waals surface area contributed by atoms with Crippen molar-refractivity contribution in [1.29, 1.82) is 0 Å². The average Bonchev–Trinajstić information content (AvgIpc) is 3.12. The van der Waals surface area contributed by atoms with Crippen LogP contribution in [0.5, 0.6) is 0 Å². The van der Waals surface area contributed by atoms with Crippen LogP contribution >= 0.6 is 11.6 Å². The third-order valence-corrected chi connectivity index (χ3v) is 5.79. The smallest absolute Gasteiger partial charge is 0.253 e. The maximum absolute atomic E-state index is 12.7. The van der Waals surface area contributed by atoms with Gasteiger partial charge in [0, 0.05) is 18.1 Å². The molecule has 25 heavy (non-hydrogen) atoms. The molecule has 2 fully saturated rings. The van der Waals surface area contributed by atoms with Crippen LogP contribution in [-0.4, -0.2) is 40.9 Å². The number of aromatic nitrogens is 1. The summed E-state index contributed by atoms with van der Waals surface area (Å²) in [5, 5.41) is 14.7. The predicted octanol–water partition coefficient (Wildman–Crippen LogP) is 3.29. The third-order valence-electron chi connectivity index (χ3n) is 5.48. The molecule has 1 amide bonds. The Balaban J connectivity index is 1.54. The van der Waals surface area contributed by atoms with Crippen molar-refractivity contribution >= 4 is 28.4 Å². The molecule has 0 unspecified atom stereocenters. The van der Waals surface area contributed by atoms with Gasteiger partial charge in [-0.05, 0) is 31.4 Å². The van der Waals surface area contributed by atoms with Crippen molar-refractivity contribution in [3.05, 3.63) is 35.0 Å². The van der Waals surface area contributed by atoms with E-state index < -0.39 is 5.60 Å². The van der Waals surface area contributed by atoms with Gasteiger partial charge < -0.3 is 19.7 Å². The number of carbonyl (C=O) groups excluding carboxylic acids is 1. The molecule has 2 aromatic rings. The van der Waals surface area contributed by atoms with E-state index in [0.717, 1.165) is 36.6 Å². The van der Waals surface area contributed by atoms with E-state index in [2.05, 4.69) is 9.88 Å². The number of nitrogens with zero attached hydrogens (tertiary/aromatic N) is 1. The van der Waals surface area contributed by atoms with Crippen LogP contribution in [0, 0.1) is 0 Å². The Labute approximate surface area is 151 Å². The fourth-order valence-electron chi connectivity index (χ4n) is 3.91. The molecule has 5 nitrogen and oxygen atoms in total. The SMILES string of the molecule is O=C(NCCC1(O)CCCC1)c1cn(C2COC2)c2cccc(Cl)c12. The average molecular weight is 363 g/mol. The van der Waals surface area contributed by atoms with Crippen LogP contribution in [0.1, 0.15) is 48.5 Å². The molecular formula is C19H23ClN2O3. The Bertz CT molecular complexity index is 791. The van der Waals surface area contributed by atoms with Crippen LogP contribution in [0.15, 0.2) is 24.4 Å². The maximum Gasteiger partial charge on any atom is 0.253 e. The van der Waals surface area contributed by atoms with E-state index in [-0.39, 0.29) is 11.9 Å². The monoisotopic (exact) mass is 362 g/mol. The van der Waals surface area contributed by atoms with E-state index in [0.29, 0.717) is 36.8 Å². The van der Waals surface area contributed by atoms with E-state index in [4.69, 9.17) is 16.3 Å². The van der Waals surface area contributed by atoms with Gasteiger partial charge in [0.05, 0.1) is 41.0 Å². The first-order valence-corrected chi connectivity index (χ1v) is 9.33. The minimum absolute atomic E-state index is 0.140. The summed E-state index contributed by atoms with van der Waals surface area (Å²) in [5.74, 6) is -0.140. The first-order valence-electron chi connectivity index (χ1n) is 8.95. The first-order chi connectivity index (χ1) is 12.1. The van der Waals surface area contributed by atoms with Crippen molar-refractivity contribution in [2.45, 2.75) is 43.7 Å². The van der Waals surface area contributed by atoms with E-state index in [1.807, 2.05) is 24.4 Å². The molecule has 1 saturated heterocycles. The van der Waals surface area contributed by atoms with Crippen molar-refractivity contribution < 1.29 is 14.6 Å². The summed E-state index contributed by atoms with van der Waals surface area (Å²) in [6, 6.07) is 5.95. The molecule has 2 aliphatic rings. The maximum atomic E-state index is 12.7. The second-order valence-corrected chi connectivity index (χ2v) is 7.62. The van der Waals surface area contributed by atoms with Crippen LogP contribution in [0.4, 0.5) is 0 Å². The number of aliphatic hydroxyl groups is 1. The molecule has 0 radical (unpaired) electrons. The van der Waals surface area contributed by atoms with E-state index in [9.17, 15) is 9.90 Å². The number of nitrogens with one attached hydrogen (secondary N) is 1. The van der Waals surface area contributed by atoms with Crippen LogP contribution in [0.25, 0.3) is 10.9 Å². The summed E-state index contributed by atoms with van der Waals surface area (Å²) in [5.41, 5.74) is 0.939. The molecule has 0 spiro atoms. The molecule has 2 heterocycles. The number of carbonyl (C=O) groups is 1. The van der Waals surface area contributed by atoms with Gasteiger partial charge in [-0.1, -0.05) is 30.5 Å². The summed E-state index contributed by atoms with van der Waals surface area (Å²) in [4.78, 5) is 12.7. The fourth-order valence-corrected chi connectivity index (χ4v) is 4.18. The Hall–Kier alpha value is -1.56. The van der Waals surface area contributed by atoms with Crippen LogP contribution in [-0.2, 0) is 4.74 Å². The van der Waals surface area contributed by atoms with Crippen LogP contribution in [0.3, 0.4) is 0 Å². The Morgan fingerprint density at radius 2 is 2.12 bits per heavy atom. The molecule has 4 rings (SSSR count). The molecule has 1 saturated carbocycles. The third kappa shape index (κ3) is 3.16. The lowest BCUT2D eigenvalue weighted by atomic mass is 9.98. The zero-order valence-electron chi connectivity index (χ0n) is 14.1. The number of amides is 1. The molecular weight excluding hydrogens is 340 g/mol. The summed E-state index contributed by atoms with van der Waals surface area (Å²) < 4.78 is 7.38. The summed E-state index contributed by atoms with van der Waals surface area (Å²) in [6.45, 7) is 1.79. The molecule has 1 aliphatic heterocycles. The number of rotatable bonds is 5. The lowest BCUT2D eigenvalue weighted by Crippen LogP contribution is -2.33. The van der Waals surface area contributed by atoms with Gasteiger partial charge in [-0.3, -0.25) is 4.79 Å². The number of halogens is 1. The lowest BCUT2D eigenvalue weighted by molar-refractivity contribution is -0.0214. The van der Waals surface area contributed by atoms with Gasteiger partial charge in [-0.15, -0.1) is 0 Å². The summed E-state index contributed by atoms with van der Waals surface area (Å²) in [6.07, 6.45) is 6.27. The highest BCUT2D eigenvalue weighted by atomic mass is 35.5. The molecule has 0 atom stereocenters. The molecule has 0 bridgehead atoms. The summed E-state index contributed by atoms with van der Waals surface area (Å²) in [7, 11) is 0. The van der Waals surface area contributed by atoms with Crippen molar-refractivity contribution in [3.8, 4) is 0 Å². The lowest BCUT2D eigenvalue weighted by Gasteiger charge is -2.28. The standard InChI is InChI=1S/C19H23ClN2O3/c20-15-4-3-5-16-17(15)14(10-22(16)13-11-25-12-13)18(23)21-9-8-19(24)6-1-2-7-19/h3-5,10,13,24H,1-2,6-9,11-12H2,(H,21,23). The van der Waals surface area contributed by atoms with Crippen LogP contribution in [0.2, 0.25) is 5.02 Å². The van der Waals surface area contributed by atoms with Gasteiger partial charge in [0.2, 0.25) is 0 Å². The molecule has 134 valence electrons. The zero-order valence-corrected chi connectivity index (χ0v) is 14.9. The van der Waals surface area contributed by atoms with Crippen molar-refractivity contribution in [2.75, 3.05) is 19.8 Å². The number of hydrogen-bond acceptors (Lipinski definition) is 3.